The number of hydrogen-bond acceptors (Lipinski definition) is 6. The van der Waals surface area contributed by atoms with Gasteiger partial charge in [0.25, 0.3) is 0 Å². The average molecular weight is 280 g/mol. The van der Waals surface area contributed by atoms with Gasteiger partial charge in [0.1, 0.15) is 0 Å². The molecule has 1 aromatic heterocycles. The van der Waals surface area contributed by atoms with Crippen molar-refractivity contribution in [3.8, 4) is 5.88 Å². The number of morpholine rings is 1. The molecule has 1 aliphatic rings. The van der Waals surface area contributed by atoms with E-state index in [0.717, 1.165) is 19.6 Å². The average Bonchev–Trinajstić information content (AvgIpc) is 2.45. The van der Waals surface area contributed by atoms with Crippen molar-refractivity contribution in [2.45, 2.75) is 32.9 Å². The van der Waals surface area contributed by atoms with Crippen LogP contribution < -0.4 is 15.0 Å². The number of ether oxygens (including phenoxy) is 2. The van der Waals surface area contributed by atoms with Gasteiger partial charge in [0, 0.05) is 25.4 Å². The van der Waals surface area contributed by atoms with Crippen molar-refractivity contribution in [1.29, 1.82) is 0 Å². The van der Waals surface area contributed by atoms with E-state index in [2.05, 4.69) is 27.1 Å². The van der Waals surface area contributed by atoms with Crippen molar-refractivity contribution in [3.05, 3.63) is 12.3 Å². The van der Waals surface area contributed by atoms with Crippen LogP contribution >= 0.6 is 0 Å². The Balaban J connectivity index is 2.10. The van der Waals surface area contributed by atoms with Gasteiger partial charge in [-0.3, -0.25) is 0 Å². The topological polar surface area (TPSA) is 59.5 Å². The van der Waals surface area contributed by atoms with E-state index in [1.165, 1.54) is 0 Å². The Morgan fingerprint density at radius 2 is 2.40 bits per heavy atom. The third-order valence-electron chi connectivity index (χ3n) is 3.09. The van der Waals surface area contributed by atoms with Crippen molar-refractivity contribution in [3.63, 3.8) is 0 Å². The smallest absolute Gasteiger partial charge is 0.229 e. The molecule has 2 rings (SSSR count). The lowest BCUT2D eigenvalue weighted by molar-refractivity contribution is 0.0929. The molecule has 0 bridgehead atoms. The van der Waals surface area contributed by atoms with Gasteiger partial charge in [0.2, 0.25) is 11.8 Å². The number of anilines is 1. The van der Waals surface area contributed by atoms with Gasteiger partial charge in [-0.05, 0) is 20.4 Å². The minimum absolute atomic E-state index is 0.111. The lowest BCUT2D eigenvalue weighted by Crippen LogP contribution is -2.51. The first-order valence-corrected chi connectivity index (χ1v) is 7.25. The van der Waals surface area contributed by atoms with E-state index in [4.69, 9.17) is 9.47 Å². The largest absolute Gasteiger partial charge is 0.475 e. The van der Waals surface area contributed by atoms with Gasteiger partial charge in [-0.1, -0.05) is 6.92 Å². The van der Waals surface area contributed by atoms with Crippen LogP contribution in [-0.2, 0) is 4.74 Å². The molecule has 1 atom stereocenters. The number of nitrogens with one attached hydrogen (secondary N) is 1. The Bertz CT molecular complexity index is 414. The second kappa shape index (κ2) is 7.40. The molecule has 20 heavy (non-hydrogen) atoms. The lowest BCUT2D eigenvalue weighted by Gasteiger charge is -2.35. The lowest BCUT2D eigenvalue weighted by atomic mass is 10.2. The van der Waals surface area contributed by atoms with Gasteiger partial charge in [-0.2, -0.15) is 4.98 Å². The van der Waals surface area contributed by atoms with E-state index in [0.29, 0.717) is 25.0 Å². The van der Waals surface area contributed by atoms with Crippen LogP contribution in [0.25, 0.3) is 0 Å². The third kappa shape index (κ3) is 4.05. The summed E-state index contributed by atoms with van der Waals surface area (Å²) in [6.07, 6.45) is 1.86. The molecule has 0 spiro atoms. The minimum Gasteiger partial charge on any atom is -0.475 e. The summed E-state index contributed by atoms with van der Waals surface area (Å²) in [5, 5.41) is 3.36. The first-order valence-electron chi connectivity index (χ1n) is 7.25. The number of aromatic nitrogens is 2. The van der Waals surface area contributed by atoms with E-state index >= 15 is 0 Å². The summed E-state index contributed by atoms with van der Waals surface area (Å²) in [4.78, 5) is 11.1. The van der Waals surface area contributed by atoms with Crippen molar-refractivity contribution in [1.82, 2.24) is 15.3 Å². The minimum atomic E-state index is 0.111. The Hall–Kier alpha value is -1.40. The maximum absolute atomic E-state index is 5.64. The highest BCUT2D eigenvalue weighted by Gasteiger charge is 2.25. The summed E-state index contributed by atoms with van der Waals surface area (Å²) in [6, 6.07) is 2.06. The fourth-order valence-electron chi connectivity index (χ4n) is 2.18. The molecule has 1 unspecified atom stereocenters. The summed E-state index contributed by atoms with van der Waals surface area (Å²) in [5.74, 6) is 1.34. The Morgan fingerprint density at radius 3 is 3.15 bits per heavy atom. The molecule has 0 saturated carbocycles. The van der Waals surface area contributed by atoms with Crippen molar-refractivity contribution in [2.75, 3.05) is 37.7 Å². The molecule has 0 amide bonds. The van der Waals surface area contributed by atoms with E-state index in [1.54, 1.807) is 12.3 Å². The SMILES string of the molecule is CCNCC1COCCN1c1nccc(OC(C)C)n1. The highest BCUT2D eigenvalue weighted by Crippen LogP contribution is 2.18. The van der Waals surface area contributed by atoms with Crippen molar-refractivity contribution < 1.29 is 9.47 Å². The monoisotopic (exact) mass is 280 g/mol. The quantitative estimate of drug-likeness (QED) is 0.841. The molecule has 0 aliphatic carbocycles. The van der Waals surface area contributed by atoms with Gasteiger partial charge in [0.05, 0.1) is 25.4 Å². The highest BCUT2D eigenvalue weighted by molar-refractivity contribution is 5.34. The predicted molar refractivity (Wildman–Crippen MR) is 78.3 cm³/mol. The molecule has 0 aromatic carbocycles. The molecular formula is C14H24N4O2. The first kappa shape index (κ1) is 15.0. The van der Waals surface area contributed by atoms with Crippen molar-refractivity contribution >= 4 is 5.95 Å². The molecule has 6 nitrogen and oxygen atoms in total. The Kier molecular flexibility index (Phi) is 5.55. The van der Waals surface area contributed by atoms with Gasteiger partial charge in [-0.25, -0.2) is 4.98 Å². The molecule has 6 heteroatoms. The molecule has 1 aromatic rings. The summed E-state index contributed by atoms with van der Waals surface area (Å²) in [5.41, 5.74) is 0. The number of rotatable bonds is 6. The summed E-state index contributed by atoms with van der Waals surface area (Å²) in [6.45, 7) is 10.1. The van der Waals surface area contributed by atoms with Crippen LogP contribution in [0.15, 0.2) is 12.3 Å². The van der Waals surface area contributed by atoms with Crippen molar-refractivity contribution in [2.24, 2.45) is 0 Å². The van der Waals surface area contributed by atoms with Gasteiger partial charge >= 0.3 is 0 Å². The maximum atomic E-state index is 5.64. The molecule has 1 aliphatic heterocycles. The standard InChI is InChI=1S/C14H24N4O2/c1-4-15-9-12-10-19-8-7-18(12)14-16-6-5-13(17-14)20-11(2)3/h5-6,11-12,15H,4,7-10H2,1-3H3. The van der Waals surface area contributed by atoms with Crippen LogP contribution in [-0.4, -0.2) is 55.0 Å². The molecular weight excluding hydrogens is 256 g/mol. The number of hydrogen-bond donors (Lipinski definition) is 1. The predicted octanol–water partition coefficient (Wildman–Crippen LogP) is 1.08. The van der Waals surface area contributed by atoms with Crippen LogP contribution in [0.2, 0.25) is 0 Å². The second-order valence-corrected chi connectivity index (χ2v) is 5.09. The van der Waals surface area contributed by atoms with Crippen LogP contribution in [0.1, 0.15) is 20.8 Å². The summed E-state index contributed by atoms with van der Waals surface area (Å²) >= 11 is 0. The van der Waals surface area contributed by atoms with Gasteiger partial charge in [0.15, 0.2) is 0 Å². The zero-order chi connectivity index (χ0) is 14.4. The molecule has 1 fully saturated rings. The third-order valence-corrected chi connectivity index (χ3v) is 3.09. The summed E-state index contributed by atoms with van der Waals surface area (Å²) in [7, 11) is 0. The molecule has 2 heterocycles. The normalized spacial score (nSPS) is 19.4. The second-order valence-electron chi connectivity index (χ2n) is 5.09. The fourth-order valence-corrected chi connectivity index (χ4v) is 2.18. The summed E-state index contributed by atoms with van der Waals surface area (Å²) < 4.78 is 11.2. The molecule has 1 saturated heterocycles. The maximum Gasteiger partial charge on any atom is 0.229 e. The Labute approximate surface area is 120 Å². The highest BCUT2D eigenvalue weighted by atomic mass is 16.5. The van der Waals surface area contributed by atoms with Crippen LogP contribution in [0, 0.1) is 0 Å². The zero-order valence-corrected chi connectivity index (χ0v) is 12.5. The van der Waals surface area contributed by atoms with E-state index in [1.807, 2.05) is 13.8 Å². The Morgan fingerprint density at radius 1 is 1.55 bits per heavy atom. The fraction of sp³-hybridized carbons (Fsp3) is 0.714. The van der Waals surface area contributed by atoms with Crippen LogP contribution in [0.5, 0.6) is 5.88 Å². The zero-order valence-electron chi connectivity index (χ0n) is 12.5. The number of nitrogens with zero attached hydrogens (tertiary/aromatic N) is 3. The van der Waals surface area contributed by atoms with E-state index in [-0.39, 0.29) is 12.1 Å². The molecule has 1 N–H and O–H groups in total. The molecule has 112 valence electrons. The molecule has 0 radical (unpaired) electrons. The van der Waals surface area contributed by atoms with Gasteiger partial charge in [-0.15, -0.1) is 0 Å². The number of likely N-dealkylation sites (N-methyl/N-ethyl adjacent to an activating group) is 1. The van der Waals surface area contributed by atoms with E-state index < -0.39 is 0 Å². The van der Waals surface area contributed by atoms with Crippen LogP contribution in [0.3, 0.4) is 0 Å². The van der Waals surface area contributed by atoms with E-state index in [9.17, 15) is 0 Å². The van der Waals surface area contributed by atoms with Crippen LogP contribution in [0.4, 0.5) is 5.95 Å². The first-order chi connectivity index (χ1) is 9.70. The van der Waals surface area contributed by atoms with Gasteiger partial charge < -0.3 is 19.7 Å².